The molecule has 3 aliphatic heterocycles. The molecule has 1 N–H and O–H groups in total. The number of nitrogens with zero attached hydrogens (tertiary/aromatic N) is 3. The molecule has 6 nitrogen and oxygen atoms in total. The van der Waals surface area contributed by atoms with Gasteiger partial charge >= 0.3 is 0 Å². The van der Waals surface area contributed by atoms with E-state index in [9.17, 15) is 9.59 Å². The number of amides is 2. The van der Waals surface area contributed by atoms with Gasteiger partial charge in [0.05, 0.1) is 5.92 Å². The molecule has 0 aromatic rings. The van der Waals surface area contributed by atoms with Gasteiger partial charge in [-0.25, -0.2) is 0 Å². The number of carbonyl (C=O) groups excluding carboxylic acids is 2. The summed E-state index contributed by atoms with van der Waals surface area (Å²) in [5, 5.41) is 3.67. The second kappa shape index (κ2) is 8.48. The minimum absolute atomic E-state index is 0.120. The van der Waals surface area contributed by atoms with Gasteiger partial charge in [0.2, 0.25) is 11.8 Å². The summed E-state index contributed by atoms with van der Waals surface area (Å²) in [6.07, 6.45) is 7.69. The Bertz CT molecular complexity index is 542. The van der Waals surface area contributed by atoms with Crippen molar-refractivity contribution >= 4 is 11.8 Å². The highest BCUT2D eigenvalue weighted by Gasteiger charge is 2.39. The number of hydrogen-bond acceptors (Lipinski definition) is 4. The van der Waals surface area contributed by atoms with Crippen LogP contribution in [0.1, 0.15) is 51.9 Å². The molecule has 1 saturated carbocycles. The Morgan fingerprint density at radius 1 is 1.11 bits per heavy atom. The van der Waals surface area contributed by atoms with E-state index in [4.69, 9.17) is 0 Å². The maximum Gasteiger partial charge on any atom is 0.227 e. The summed E-state index contributed by atoms with van der Waals surface area (Å²) >= 11 is 0. The van der Waals surface area contributed by atoms with Crippen LogP contribution in [0.2, 0.25) is 0 Å². The smallest absolute Gasteiger partial charge is 0.227 e. The Balaban J connectivity index is 1.23. The van der Waals surface area contributed by atoms with Crippen molar-refractivity contribution < 1.29 is 9.59 Å². The monoisotopic (exact) mass is 376 g/mol. The van der Waals surface area contributed by atoms with Crippen molar-refractivity contribution in [1.82, 2.24) is 20.0 Å². The summed E-state index contributed by atoms with van der Waals surface area (Å²) in [4.78, 5) is 31.9. The number of piperidine rings is 1. The van der Waals surface area contributed by atoms with Crippen molar-refractivity contribution in [2.45, 2.75) is 64.0 Å². The summed E-state index contributed by atoms with van der Waals surface area (Å²) in [5.74, 6) is 1.18. The van der Waals surface area contributed by atoms with Crippen molar-refractivity contribution in [3.63, 3.8) is 0 Å². The largest absolute Gasteiger partial charge is 0.342 e. The van der Waals surface area contributed by atoms with Gasteiger partial charge in [0.1, 0.15) is 0 Å². The molecule has 0 aromatic heterocycles. The average molecular weight is 377 g/mol. The predicted molar refractivity (Wildman–Crippen MR) is 105 cm³/mol. The van der Waals surface area contributed by atoms with Crippen LogP contribution in [0.15, 0.2) is 0 Å². The van der Waals surface area contributed by atoms with Crippen LogP contribution in [-0.4, -0.2) is 84.4 Å². The van der Waals surface area contributed by atoms with Gasteiger partial charge in [-0.3, -0.25) is 14.5 Å². The fourth-order valence-corrected chi connectivity index (χ4v) is 5.10. The van der Waals surface area contributed by atoms with Gasteiger partial charge in [-0.15, -0.1) is 0 Å². The summed E-state index contributed by atoms with van der Waals surface area (Å²) in [6.45, 7) is 8.68. The standard InChI is InChI=1S/C21H36N4O2/c1-2-23-9-3-4-19(23)15-25-14-17(12-20(25)26)21(27)24-10-7-18(8-11-24)22-13-16-5-6-16/h16-19,22H,2-15H2,1H3. The van der Waals surface area contributed by atoms with Gasteiger partial charge in [-0.1, -0.05) is 6.92 Å². The first kappa shape index (κ1) is 19.2. The lowest BCUT2D eigenvalue weighted by Gasteiger charge is -2.34. The van der Waals surface area contributed by atoms with Crippen LogP contribution >= 0.6 is 0 Å². The Morgan fingerprint density at radius 3 is 2.59 bits per heavy atom. The van der Waals surface area contributed by atoms with E-state index in [-0.39, 0.29) is 17.7 Å². The average Bonchev–Trinajstić information content (AvgIpc) is 3.30. The lowest BCUT2D eigenvalue weighted by molar-refractivity contribution is -0.136. The van der Waals surface area contributed by atoms with Gasteiger partial charge in [0.15, 0.2) is 0 Å². The third-order valence-electron chi connectivity index (χ3n) is 7.10. The molecule has 4 aliphatic rings. The highest BCUT2D eigenvalue weighted by Crippen LogP contribution is 2.28. The maximum atomic E-state index is 12.9. The van der Waals surface area contributed by atoms with Crippen LogP contribution in [0.3, 0.4) is 0 Å². The second-order valence-electron chi connectivity index (χ2n) is 9.08. The Hall–Kier alpha value is -1.14. The highest BCUT2D eigenvalue weighted by atomic mass is 16.2. The molecule has 3 heterocycles. The van der Waals surface area contributed by atoms with Crippen molar-refractivity contribution in [3.8, 4) is 0 Å². The molecule has 0 bridgehead atoms. The molecule has 2 unspecified atom stereocenters. The van der Waals surface area contributed by atoms with Crippen LogP contribution in [0, 0.1) is 11.8 Å². The van der Waals surface area contributed by atoms with Crippen molar-refractivity contribution in [3.05, 3.63) is 0 Å². The van der Waals surface area contributed by atoms with Crippen molar-refractivity contribution in [2.75, 3.05) is 45.8 Å². The zero-order chi connectivity index (χ0) is 18.8. The topological polar surface area (TPSA) is 55.9 Å². The van der Waals surface area contributed by atoms with E-state index >= 15 is 0 Å². The Morgan fingerprint density at radius 2 is 1.89 bits per heavy atom. The maximum absolute atomic E-state index is 12.9. The highest BCUT2D eigenvalue weighted by molar-refractivity contribution is 5.89. The molecule has 0 radical (unpaired) electrons. The van der Waals surface area contributed by atoms with Crippen LogP contribution in [0.4, 0.5) is 0 Å². The molecular formula is C21H36N4O2. The summed E-state index contributed by atoms with van der Waals surface area (Å²) in [6, 6.07) is 1.06. The molecule has 0 spiro atoms. The Labute approximate surface area is 163 Å². The number of nitrogens with one attached hydrogen (secondary N) is 1. The quantitative estimate of drug-likeness (QED) is 0.728. The summed E-state index contributed by atoms with van der Waals surface area (Å²) < 4.78 is 0. The molecule has 6 heteroatoms. The minimum Gasteiger partial charge on any atom is -0.342 e. The third-order valence-corrected chi connectivity index (χ3v) is 7.10. The number of likely N-dealkylation sites (tertiary alicyclic amines) is 3. The zero-order valence-electron chi connectivity index (χ0n) is 16.9. The first-order valence-electron chi connectivity index (χ1n) is 11.2. The normalized spacial score (nSPS) is 30.5. The summed E-state index contributed by atoms with van der Waals surface area (Å²) in [5.41, 5.74) is 0. The van der Waals surface area contributed by atoms with Gasteiger partial charge in [-0.2, -0.15) is 0 Å². The Kier molecular flexibility index (Phi) is 6.02. The van der Waals surface area contributed by atoms with E-state index in [0.29, 0.717) is 25.0 Å². The van der Waals surface area contributed by atoms with E-state index in [0.717, 1.165) is 58.0 Å². The van der Waals surface area contributed by atoms with Crippen molar-refractivity contribution in [2.24, 2.45) is 11.8 Å². The first-order chi connectivity index (χ1) is 13.1. The molecule has 3 saturated heterocycles. The molecule has 1 aliphatic carbocycles. The van der Waals surface area contributed by atoms with Gasteiger partial charge < -0.3 is 15.1 Å². The number of likely N-dealkylation sites (N-methyl/N-ethyl adjacent to an activating group) is 1. The lowest BCUT2D eigenvalue weighted by Crippen LogP contribution is -2.47. The van der Waals surface area contributed by atoms with Gasteiger partial charge in [0, 0.05) is 44.7 Å². The fourth-order valence-electron chi connectivity index (χ4n) is 5.10. The van der Waals surface area contributed by atoms with Crippen LogP contribution in [0.5, 0.6) is 0 Å². The second-order valence-corrected chi connectivity index (χ2v) is 9.08. The van der Waals surface area contributed by atoms with E-state index < -0.39 is 0 Å². The molecule has 0 aromatic carbocycles. The van der Waals surface area contributed by atoms with Gasteiger partial charge in [-0.05, 0) is 64.1 Å². The number of carbonyl (C=O) groups is 2. The molecule has 4 fully saturated rings. The molecule has 2 atom stereocenters. The van der Waals surface area contributed by atoms with E-state index in [1.165, 1.54) is 25.7 Å². The first-order valence-corrected chi connectivity index (χ1v) is 11.2. The lowest BCUT2D eigenvalue weighted by atomic mass is 10.0. The molecule has 4 rings (SSSR count). The van der Waals surface area contributed by atoms with Crippen molar-refractivity contribution in [1.29, 1.82) is 0 Å². The number of hydrogen-bond donors (Lipinski definition) is 1. The molecule has 27 heavy (non-hydrogen) atoms. The predicted octanol–water partition coefficient (Wildman–Crippen LogP) is 1.31. The minimum atomic E-state index is -0.120. The van der Waals surface area contributed by atoms with Gasteiger partial charge in [0.25, 0.3) is 0 Å². The third kappa shape index (κ3) is 4.65. The fraction of sp³-hybridized carbons (Fsp3) is 0.905. The zero-order valence-corrected chi connectivity index (χ0v) is 16.9. The van der Waals surface area contributed by atoms with Crippen LogP contribution in [-0.2, 0) is 9.59 Å². The van der Waals surface area contributed by atoms with E-state index in [1.54, 1.807) is 0 Å². The molecule has 152 valence electrons. The van der Waals surface area contributed by atoms with Crippen LogP contribution in [0.25, 0.3) is 0 Å². The van der Waals surface area contributed by atoms with Crippen LogP contribution < -0.4 is 5.32 Å². The SMILES string of the molecule is CCN1CCCC1CN1CC(C(=O)N2CCC(NCC3CC3)CC2)CC1=O. The molecule has 2 amide bonds. The molecular weight excluding hydrogens is 340 g/mol. The summed E-state index contributed by atoms with van der Waals surface area (Å²) in [7, 11) is 0. The van der Waals surface area contributed by atoms with E-state index in [1.807, 2.05) is 9.80 Å². The number of rotatable bonds is 7. The van der Waals surface area contributed by atoms with E-state index in [2.05, 4.69) is 17.1 Å².